The summed E-state index contributed by atoms with van der Waals surface area (Å²) in [4.78, 5) is 13.1. The number of ether oxygens (including phenoxy) is 1. The van der Waals surface area contributed by atoms with Gasteiger partial charge in [-0.2, -0.15) is 4.31 Å². The number of aryl methyl sites for hydroxylation is 1. The summed E-state index contributed by atoms with van der Waals surface area (Å²) >= 11 is 5.94. The molecule has 0 radical (unpaired) electrons. The van der Waals surface area contributed by atoms with Gasteiger partial charge < -0.3 is 10.1 Å². The summed E-state index contributed by atoms with van der Waals surface area (Å²) in [7, 11) is -0.691. The van der Waals surface area contributed by atoms with E-state index in [2.05, 4.69) is 5.32 Å². The molecule has 0 saturated carbocycles. The number of hydrogen-bond donors (Lipinski definition) is 1. The lowest BCUT2D eigenvalue weighted by Gasteiger charge is -2.20. The van der Waals surface area contributed by atoms with Crippen molar-refractivity contribution in [3.8, 4) is 5.75 Å². The van der Waals surface area contributed by atoms with Crippen LogP contribution >= 0.6 is 11.6 Å². The monoisotopic (exact) mass is 486 g/mol. The van der Waals surface area contributed by atoms with Crippen molar-refractivity contribution >= 4 is 27.5 Å². The molecular weight excluding hydrogens is 460 g/mol. The number of rotatable bonds is 8. The molecule has 0 aromatic heterocycles. The minimum absolute atomic E-state index is 0.0489. The summed E-state index contributed by atoms with van der Waals surface area (Å²) in [6.45, 7) is 3.83. The van der Waals surface area contributed by atoms with E-state index in [1.807, 2.05) is 26.0 Å². The van der Waals surface area contributed by atoms with Gasteiger partial charge in [-0.05, 0) is 61.9 Å². The van der Waals surface area contributed by atoms with Crippen LogP contribution in [0, 0.1) is 6.92 Å². The van der Waals surface area contributed by atoms with Crippen LogP contribution in [0.4, 0.5) is 0 Å². The molecule has 3 aromatic rings. The minimum Gasteiger partial charge on any atom is -0.496 e. The fourth-order valence-electron chi connectivity index (χ4n) is 3.37. The lowest BCUT2D eigenvalue weighted by atomic mass is 10.1. The Balaban J connectivity index is 1.80. The number of carbonyl (C=O) groups is 1. The molecule has 3 rings (SSSR count). The molecule has 1 amide bonds. The second-order valence-electron chi connectivity index (χ2n) is 7.85. The van der Waals surface area contributed by atoms with E-state index < -0.39 is 10.0 Å². The van der Waals surface area contributed by atoms with Crippen LogP contribution in [0.15, 0.2) is 71.6 Å². The van der Waals surface area contributed by atoms with Gasteiger partial charge in [0.15, 0.2) is 0 Å². The average molecular weight is 487 g/mol. The van der Waals surface area contributed by atoms with E-state index in [9.17, 15) is 13.2 Å². The average Bonchev–Trinajstić information content (AvgIpc) is 2.79. The number of amides is 1. The maximum atomic E-state index is 13.0. The molecule has 0 heterocycles. The van der Waals surface area contributed by atoms with Gasteiger partial charge in [-0.15, -0.1) is 0 Å². The second-order valence-corrected chi connectivity index (χ2v) is 10.3. The van der Waals surface area contributed by atoms with Crippen molar-refractivity contribution in [2.24, 2.45) is 0 Å². The summed E-state index contributed by atoms with van der Waals surface area (Å²) in [5, 5.41) is 3.58. The topological polar surface area (TPSA) is 75.7 Å². The first-order chi connectivity index (χ1) is 15.6. The van der Waals surface area contributed by atoms with E-state index in [1.165, 1.54) is 18.5 Å². The highest BCUT2D eigenvalue weighted by Crippen LogP contribution is 2.25. The number of sulfonamides is 1. The number of carbonyl (C=O) groups excluding carboxylic acids is 1. The van der Waals surface area contributed by atoms with Gasteiger partial charge in [0.25, 0.3) is 5.91 Å². The number of hydrogen-bond acceptors (Lipinski definition) is 4. The van der Waals surface area contributed by atoms with Crippen LogP contribution < -0.4 is 10.1 Å². The normalized spacial score (nSPS) is 12.4. The quantitative estimate of drug-likeness (QED) is 0.487. The molecule has 0 aliphatic carbocycles. The fraction of sp³-hybridized carbons (Fsp3) is 0.240. The van der Waals surface area contributed by atoms with Gasteiger partial charge in [0, 0.05) is 29.7 Å². The first kappa shape index (κ1) is 24.8. The molecule has 0 spiro atoms. The van der Waals surface area contributed by atoms with Crippen molar-refractivity contribution in [2.75, 3.05) is 14.2 Å². The lowest BCUT2D eigenvalue weighted by molar-refractivity contribution is 0.0939. The predicted molar refractivity (Wildman–Crippen MR) is 130 cm³/mol. The number of methoxy groups -OCH3 is 1. The van der Waals surface area contributed by atoms with Crippen LogP contribution in [-0.2, 0) is 16.6 Å². The Morgan fingerprint density at radius 3 is 2.30 bits per heavy atom. The van der Waals surface area contributed by atoms with Gasteiger partial charge in [-0.3, -0.25) is 4.79 Å². The molecule has 3 aromatic carbocycles. The molecule has 0 aliphatic heterocycles. The van der Waals surface area contributed by atoms with Crippen LogP contribution in [0.2, 0.25) is 5.02 Å². The third-order valence-corrected chi connectivity index (χ3v) is 7.45. The lowest BCUT2D eigenvalue weighted by Crippen LogP contribution is -2.28. The number of halogens is 1. The van der Waals surface area contributed by atoms with Crippen molar-refractivity contribution in [3.05, 3.63) is 94.0 Å². The minimum atomic E-state index is -3.70. The Labute approximate surface area is 200 Å². The van der Waals surface area contributed by atoms with Crippen molar-refractivity contribution in [2.45, 2.75) is 31.3 Å². The molecular formula is C25H27ClN2O4S. The Kier molecular flexibility index (Phi) is 7.79. The summed E-state index contributed by atoms with van der Waals surface area (Å²) in [6, 6.07) is 18.7. The first-order valence-corrected chi connectivity index (χ1v) is 12.2. The van der Waals surface area contributed by atoms with E-state index in [-0.39, 0.29) is 23.4 Å². The largest absolute Gasteiger partial charge is 0.496 e. The maximum Gasteiger partial charge on any atom is 0.251 e. The van der Waals surface area contributed by atoms with Gasteiger partial charge in [0.05, 0.1) is 18.0 Å². The number of nitrogens with zero attached hydrogens (tertiary/aromatic N) is 1. The Hall–Kier alpha value is -2.87. The number of nitrogens with one attached hydrogen (secondary N) is 1. The van der Waals surface area contributed by atoms with Gasteiger partial charge in [0.1, 0.15) is 5.75 Å². The second kappa shape index (κ2) is 10.4. The third kappa shape index (κ3) is 5.93. The zero-order valence-electron chi connectivity index (χ0n) is 19.0. The van der Waals surface area contributed by atoms with E-state index >= 15 is 0 Å². The van der Waals surface area contributed by atoms with Gasteiger partial charge in [-0.25, -0.2) is 8.42 Å². The number of benzene rings is 3. The van der Waals surface area contributed by atoms with Crippen LogP contribution in [-0.4, -0.2) is 32.8 Å². The molecule has 0 aliphatic rings. The van der Waals surface area contributed by atoms with Crippen LogP contribution in [0.5, 0.6) is 5.75 Å². The molecule has 1 N–H and O–H groups in total. The van der Waals surface area contributed by atoms with E-state index in [4.69, 9.17) is 16.3 Å². The molecule has 174 valence electrons. The molecule has 0 unspecified atom stereocenters. The first-order valence-electron chi connectivity index (χ1n) is 10.4. The van der Waals surface area contributed by atoms with Crippen LogP contribution in [0.1, 0.15) is 40.0 Å². The van der Waals surface area contributed by atoms with Crippen molar-refractivity contribution in [1.29, 1.82) is 0 Å². The van der Waals surface area contributed by atoms with Crippen LogP contribution in [0.3, 0.4) is 0 Å². The van der Waals surface area contributed by atoms with Crippen molar-refractivity contribution in [3.63, 3.8) is 0 Å². The Morgan fingerprint density at radius 2 is 1.70 bits per heavy atom. The SMILES string of the molecule is COc1ccc(C(=O)N[C@H](C)c2ccc(Cl)cc2)cc1CN(C)S(=O)(=O)c1ccc(C)cc1. The molecule has 33 heavy (non-hydrogen) atoms. The fourth-order valence-corrected chi connectivity index (χ4v) is 4.65. The summed E-state index contributed by atoms with van der Waals surface area (Å²) in [5.41, 5.74) is 2.89. The highest BCUT2D eigenvalue weighted by atomic mass is 35.5. The molecule has 0 fully saturated rings. The van der Waals surface area contributed by atoms with E-state index in [0.29, 0.717) is 21.9 Å². The predicted octanol–water partition coefficient (Wildman–Crippen LogP) is 4.97. The van der Waals surface area contributed by atoms with Gasteiger partial charge in [-0.1, -0.05) is 41.4 Å². The smallest absolute Gasteiger partial charge is 0.251 e. The Bertz CT molecular complexity index is 1230. The van der Waals surface area contributed by atoms with Crippen LogP contribution in [0.25, 0.3) is 0 Å². The Morgan fingerprint density at radius 1 is 1.06 bits per heavy atom. The summed E-state index contributed by atoms with van der Waals surface area (Å²) in [6.07, 6.45) is 0. The molecule has 6 nitrogen and oxygen atoms in total. The zero-order valence-corrected chi connectivity index (χ0v) is 20.6. The third-order valence-electron chi connectivity index (χ3n) is 5.38. The maximum absolute atomic E-state index is 13.0. The van der Waals surface area contributed by atoms with Gasteiger partial charge in [0.2, 0.25) is 10.0 Å². The highest BCUT2D eigenvalue weighted by molar-refractivity contribution is 7.89. The standard InChI is InChI=1S/C25H27ClN2O4S/c1-17-5-12-23(13-6-17)33(30,31)28(3)16-21-15-20(9-14-24(21)32-4)25(29)27-18(2)19-7-10-22(26)11-8-19/h5-15,18H,16H2,1-4H3,(H,27,29)/t18-/m1/s1. The summed E-state index contributed by atoms with van der Waals surface area (Å²) in [5.74, 6) is 0.230. The van der Waals surface area contributed by atoms with E-state index in [0.717, 1.165) is 11.1 Å². The molecule has 0 bridgehead atoms. The zero-order chi connectivity index (χ0) is 24.2. The van der Waals surface area contributed by atoms with E-state index in [1.54, 1.807) is 54.6 Å². The highest BCUT2D eigenvalue weighted by Gasteiger charge is 2.23. The summed E-state index contributed by atoms with van der Waals surface area (Å²) < 4.78 is 32.6. The van der Waals surface area contributed by atoms with Crippen molar-refractivity contribution in [1.82, 2.24) is 9.62 Å². The molecule has 8 heteroatoms. The van der Waals surface area contributed by atoms with Gasteiger partial charge >= 0.3 is 0 Å². The molecule has 1 atom stereocenters. The van der Waals surface area contributed by atoms with Crippen molar-refractivity contribution < 1.29 is 17.9 Å². The molecule has 0 saturated heterocycles.